The molecule has 0 N–H and O–H groups in total. The Labute approximate surface area is 363 Å². The van der Waals surface area contributed by atoms with Gasteiger partial charge in [0.2, 0.25) is 0 Å². The van der Waals surface area contributed by atoms with Gasteiger partial charge in [0, 0.05) is 27.1 Å². The van der Waals surface area contributed by atoms with Crippen LogP contribution in [-0.2, 0) is 6.18 Å². The second kappa shape index (κ2) is 14.9. The summed E-state index contributed by atoms with van der Waals surface area (Å²) in [5, 5.41) is 52.2. The molecule has 64 heavy (non-hydrogen) atoms. The number of benzene rings is 8. The van der Waals surface area contributed by atoms with Gasteiger partial charge in [-0.25, -0.2) is 0 Å². The predicted molar refractivity (Wildman–Crippen MR) is 240 cm³/mol. The van der Waals surface area contributed by atoms with Gasteiger partial charge in [0.05, 0.1) is 97.2 Å². The molecule has 0 amide bonds. The van der Waals surface area contributed by atoms with E-state index in [4.69, 9.17) is 0 Å². The van der Waals surface area contributed by atoms with Gasteiger partial charge in [-0.2, -0.15) is 39.5 Å². The number of aromatic nitrogens is 2. The molecule has 10 heteroatoms. The zero-order chi connectivity index (χ0) is 44.3. The fraction of sp³-hybridized carbons (Fsp3) is 0.0185. The van der Waals surface area contributed by atoms with Gasteiger partial charge < -0.3 is 9.13 Å². The molecule has 0 aliphatic heterocycles. The van der Waals surface area contributed by atoms with E-state index in [0.29, 0.717) is 83.3 Å². The Bertz CT molecular complexity index is 3640. The maximum absolute atomic E-state index is 15.5. The molecule has 0 unspecified atom stereocenters. The summed E-state index contributed by atoms with van der Waals surface area (Å²) in [6.45, 7) is 0. The summed E-state index contributed by atoms with van der Waals surface area (Å²) in [4.78, 5) is 0. The number of rotatable bonds is 5. The Morgan fingerprint density at radius 3 is 1.28 bits per heavy atom. The van der Waals surface area contributed by atoms with Crippen LogP contribution >= 0.6 is 0 Å². The Morgan fingerprint density at radius 1 is 0.375 bits per heavy atom. The summed E-state index contributed by atoms with van der Waals surface area (Å²) in [6.07, 6.45) is -4.79. The van der Waals surface area contributed by atoms with Crippen molar-refractivity contribution in [2.24, 2.45) is 0 Å². The molecule has 0 saturated carbocycles. The molecule has 10 rings (SSSR count). The number of nitriles is 5. The molecule has 0 spiro atoms. The predicted octanol–water partition coefficient (Wildman–Crippen LogP) is 13.3. The summed E-state index contributed by atoms with van der Waals surface area (Å²) in [5.41, 5.74) is 7.15. The lowest BCUT2D eigenvalue weighted by atomic mass is 9.96. The molecule has 0 radical (unpaired) electrons. The standard InChI is InChI=1S/C54H26F3N7/c55-54(56,57)40-25-51(63-47-10-3-1-8-43(47)45-23-35(14-18-49(45)63)41-16-12-33(28-59)21-38(41)30-61)53(37-7-5-6-32(20-37)27-58)52(26-40)64-48-11-4-2-9-44(48)46-24-36(15-19-50(46)64)42-17-13-34(29-60)22-39(42)31-62/h1-26H. The van der Waals surface area contributed by atoms with Gasteiger partial charge in [0.15, 0.2) is 0 Å². The van der Waals surface area contributed by atoms with Crippen LogP contribution in [0.2, 0.25) is 0 Å². The van der Waals surface area contributed by atoms with Crippen molar-refractivity contribution in [3.8, 4) is 75.1 Å². The third kappa shape index (κ3) is 6.17. The number of hydrogen-bond acceptors (Lipinski definition) is 5. The number of halogens is 3. The van der Waals surface area contributed by atoms with E-state index in [1.807, 2.05) is 94.1 Å². The van der Waals surface area contributed by atoms with Gasteiger partial charge in [-0.15, -0.1) is 0 Å². The van der Waals surface area contributed by atoms with E-state index in [2.05, 4.69) is 30.3 Å². The van der Waals surface area contributed by atoms with Crippen molar-refractivity contribution < 1.29 is 13.2 Å². The smallest absolute Gasteiger partial charge is 0.309 e. The molecular formula is C54H26F3N7. The van der Waals surface area contributed by atoms with E-state index in [-0.39, 0.29) is 11.4 Å². The van der Waals surface area contributed by atoms with Gasteiger partial charge in [-0.3, -0.25) is 0 Å². The first-order chi connectivity index (χ1) is 31.1. The third-order valence-corrected chi connectivity index (χ3v) is 11.7. The third-order valence-electron chi connectivity index (χ3n) is 11.7. The van der Waals surface area contributed by atoms with Crippen molar-refractivity contribution in [3.63, 3.8) is 0 Å². The monoisotopic (exact) mass is 829 g/mol. The Kier molecular flexibility index (Phi) is 9.06. The van der Waals surface area contributed by atoms with E-state index in [1.165, 1.54) is 12.1 Å². The number of hydrogen-bond donors (Lipinski definition) is 0. The first kappa shape index (κ1) is 38.8. The maximum atomic E-state index is 15.5. The van der Waals surface area contributed by atoms with Crippen LogP contribution in [0.1, 0.15) is 33.4 Å². The molecule has 0 bridgehead atoms. The highest BCUT2D eigenvalue weighted by atomic mass is 19.4. The maximum Gasteiger partial charge on any atom is 0.416 e. The van der Waals surface area contributed by atoms with Crippen molar-refractivity contribution in [3.05, 3.63) is 191 Å². The highest BCUT2D eigenvalue weighted by Crippen LogP contribution is 2.46. The minimum atomic E-state index is -4.79. The van der Waals surface area contributed by atoms with E-state index in [9.17, 15) is 26.3 Å². The van der Waals surface area contributed by atoms with Gasteiger partial charge in [-0.05, 0) is 113 Å². The first-order valence-corrected chi connectivity index (χ1v) is 19.9. The molecule has 7 nitrogen and oxygen atoms in total. The van der Waals surface area contributed by atoms with Crippen molar-refractivity contribution in [1.29, 1.82) is 26.3 Å². The van der Waals surface area contributed by atoms with Crippen LogP contribution in [0.5, 0.6) is 0 Å². The fourth-order valence-electron chi connectivity index (χ4n) is 8.88. The molecular weight excluding hydrogens is 804 g/mol. The normalized spacial score (nSPS) is 11.3. The molecule has 0 aliphatic rings. The van der Waals surface area contributed by atoms with Crippen LogP contribution in [0.15, 0.2) is 158 Å². The fourth-order valence-corrected chi connectivity index (χ4v) is 8.88. The number of fused-ring (bicyclic) bond motifs is 6. The summed E-state index contributed by atoms with van der Waals surface area (Å²) in [5.74, 6) is 0. The first-order valence-electron chi connectivity index (χ1n) is 19.9. The summed E-state index contributed by atoms with van der Waals surface area (Å²) in [7, 11) is 0. The number of nitrogens with zero attached hydrogens (tertiary/aromatic N) is 7. The topological polar surface area (TPSA) is 129 Å². The number of alkyl halides is 3. The van der Waals surface area contributed by atoms with E-state index in [0.717, 1.165) is 33.7 Å². The molecule has 2 heterocycles. The lowest BCUT2D eigenvalue weighted by molar-refractivity contribution is -0.137. The van der Waals surface area contributed by atoms with E-state index in [1.54, 1.807) is 48.5 Å². The van der Waals surface area contributed by atoms with E-state index < -0.39 is 11.7 Å². The lowest BCUT2D eigenvalue weighted by Crippen LogP contribution is -2.11. The van der Waals surface area contributed by atoms with Gasteiger partial charge in [-0.1, -0.05) is 72.8 Å². The zero-order valence-corrected chi connectivity index (χ0v) is 33.3. The SMILES string of the molecule is N#Cc1cccc(-c2c(-n3c4ccccc4c4cc(-c5ccc(C#N)cc5C#N)ccc43)cc(C(F)(F)F)cc2-n2c3ccccc3c3cc(-c4ccc(C#N)cc4C#N)ccc32)c1. The second-order valence-electron chi connectivity index (χ2n) is 15.2. The van der Waals surface area contributed by atoms with Crippen LogP contribution in [0.3, 0.4) is 0 Å². The van der Waals surface area contributed by atoms with Crippen molar-refractivity contribution in [2.45, 2.75) is 6.18 Å². The minimum Gasteiger partial charge on any atom is -0.309 e. The highest BCUT2D eigenvalue weighted by Gasteiger charge is 2.34. The van der Waals surface area contributed by atoms with Crippen molar-refractivity contribution >= 4 is 43.6 Å². The average molecular weight is 830 g/mol. The quantitative estimate of drug-likeness (QED) is 0.171. The molecule has 2 aromatic heterocycles. The van der Waals surface area contributed by atoms with Gasteiger partial charge >= 0.3 is 6.18 Å². The zero-order valence-electron chi connectivity index (χ0n) is 33.3. The largest absolute Gasteiger partial charge is 0.416 e. The second-order valence-corrected chi connectivity index (χ2v) is 15.2. The molecule has 10 aromatic rings. The Morgan fingerprint density at radius 2 is 0.828 bits per heavy atom. The van der Waals surface area contributed by atoms with Crippen molar-refractivity contribution in [1.82, 2.24) is 9.13 Å². The van der Waals surface area contributed by atoms with Crippen molar-refractivity contribution in [2.75, 3.05) is 0 Å². The Balaban J connectivity index is 1.32. The Hall–Kier alpha value is -9.40. The molecule has 298 valence electrons. The molecule has 8 aromatic carbocycles. The van der Waals surface area contributed by atoms with Crippen LogP contribution < -0.4 is 0 Å². The van der Waals surface area contributed by atoms with Crippen LogP contribution in [-0.4, -0.2) is 9.13 Å². The highest BCUT2D eigenvalue weighted by molar-refractivity contribution is 6.13. The average Bonchev–Trinajstić information content (AvgIpc) is 3.84. The summed E-state index contributed by atoms with van der Waals surface area (Å²) in [6, 6.07) is 55.7. The summed E-state index contributed by atoms with van der Waals surface area (Å²) >= 11 is 0. The molecule has 0 atom stereocenters. The van der Waals surface area contributed by atoms with Gasteiger partial charge in [0.1, 0.15) is 0 Å². The molecule has 0 saturated heterocycles. The van der Waals surface area contributed by atoms with Crippen LogP contribution in [0.25, 0.3) is 88.4 Å². The molecule has 0 fully saturated rings. The summed E-state index contributed by atoms with van der Waals surface area (Å²) < 4.78 is 50.2. The molecule has 0 aliphatic carbocycles. The minimum absolute atomic E-state index is 0.216. The lowest BCUT2D eigenvalue weighted by Gasteiger charge is -2.23. The van der Waals surface area contributed by atoms with Crippen LogP contribution in [0, 0.1) is 56.7 Å². The van der Waals surface area contributed by atoms with Gasteiger partial charge in [0.25, 0.3) is 0 Å². The number of para-hydroxylation sites is 2. The van der Waals surface area contributed by atoms with Crippen LogP contribution in [0.4, 0.5) is 13.2 Å². The van der Waals surface area contributed by atoms with E-state index >= 15 is 13.2 Å².